The zero-order valence-corrected chi connectivity index (χ0v) is 16.1. The van der Waals surface area contributed by atoms with Crippen molar-refractivity contribution in [1.29, 1.82) is 0 Å². The minimum atomic E-state index is -3.44. The third-order valence-electron chi connectivity index (χ3n) is 4.54. The van der Waals surface area contributed by atoms with E-state index in [0.29, 0.717) is 17.3 Å². The monoisotopic (exact) mass is 372 g/mol. The number of amides is 1. The van der Waals surface area contributed by atoms with Gasteiger partial charge in [0.05, 0.1) is 18.5 Å². The van der Waals surface area contributed by atoms with Crippen LogP contribution in [0.1, 0.15) is 39.9 Å². The van der Waals surface area contributed by atoms with Crippen molar-refractivity contribution < 1.29 is 13.2 Å². The number of aryl methyl sites for hydroxylation is 2. The van der Waals surface area contributed by atoms with Crippen molar-refractivity contribution in [2.24, 2.45) is 0 Å². The van der Waals surface area contributed by atoms with Gasteiger partial charge in [-0.3, -0.25) is 9.10 Å². The second kappa shape index (κ2) is 7.11. The van der Waals surface area contributed by atoms with Crippen LogP contribution in [0.5, 0.6) is 0 Å². The standard InChI is InChI=1S/C20H24N2O3S/c1-14-5-4-6-15(2)19(14)22(26(3,24)25)13-16-7-9-17(10-8-16)20(23)21-18-11-12-18/h4-10,18H,11-13H2,1-3H3,(H,21,23). The summed E-state index contributed by atoms with van der Waals surface area (Å²) in [7, 11) is -3.44. The van der Waals surface area contributed by atoms with Crippen molar-refractivity contribution in [1.82, 2.24) is 5.32 Å². The van der Waals surface area contributed by atoms with Gasteiger partial charge in [0.1, 0.15) is 0 Å². The molecule has 5 nitrogen and oxygen atoms in total. The van der Waals surface area contributed by atoms with E-state index in [-0.39, 0.29) is 12.5 Å². The highest BCUT2D eigenvalue weighted by Gasteiger charge is 2.24. The Morgan fingerprint density at radius 3 is 2.15 bits per heavy atom. The quantitative estimate of drug-likeness (QED) is 0.847. The fourth-order valence-corrected chi connectivity index (χ4v) is 3.99. The average molecular weight is 372 g/mol. The summed E-state index contributed by atoms with van der Waals surface area (Å²) in [6, 6.07) is 13.2. The number of carbonyl (C=O) groups is 1. The highest BCUT2D eigenvalue weighted by Crippen LogP contribution is 2.28. The zero-order valence-electron chi connectivity index (χ0n) is 15.3. The number of hydrogen-bond acceptors (Lipinski definition) is 3. The van der Waals surface area contributed by atoms with Gasteiger partial charge in [-0.15, -0.1) is 0 Å². The summed E-state index contributed by atoms with van der Waals surface area (Å²) in [5.74, 6) is -0.0752. The lowest BCUT2D eigenvalue weighted by Gasteiger charge is -2.26. The van der Waals surface area contributed by atoms with E-state index < -0.39 is 10.0 Å². The van der Waals surface area contributed by atoms with E-state index in [4.69, 9.17) is 0 Å². The molecule has 1 aliphatic carbocycles. The highest BCUT2D eigenvalue weighted by molar-refractivity contribution is 7.92. The van der Waals surface area contributed by atoms with E-state index in [1.807, 2.05) is 44.2 Å². The molecule has 1 N–H and O–H groups in total. The molecule has 6 heteroatoms. The molecular weight excluding hydrogens is 348 g/mol. The van der Waals surface area contributed by atoms with Crippen LogP contribution in [0.2, 0.25) is 0 Å². The fraction of sp³-hybridized carbons (Fsp3) is 0.350. The molecule has 26 heavy (non-hydrogen) atoms. The maximum absolute atomic E-state index is 12.4. The van der Waals surface area contributed by atoms with Crippen LogP contribution in [0, 0.1) is 13.8 Å². The summed E-state index contributed by atoms with van der Waals surface area (Å²) >= 11 is 0. The van der Waals surface area contributed by atoms with Crippen LogP contribution >= 0.6 is 0 Å². The molecule has 0 spiro atoms. The molecule has 3 rings (SSSR count). The van der Waals surface area contributed by atoms with Gasteiger partial charge in [-0.05, 0) is 55.5 Å². The Kier molecular flexibility index (Phi) is 5.05. The smallest absolute Gasteiger partial charge is 0.251 e. The van der Waals surface area contributed by atoms with Crippen molar-refractivity contribution in [2.45, 2.75) is 39.3 Å². The number of carbonyl (C=O) groups excluding carboxylic acids is 1. The molecule has 2 aromatic rings. The van der Waals surface area contributed by atoms with Crippen LogP contribution in [0.3, 0.4) is 0 Å². The summed E-state index contributed by atoms with van der Waals surface area (Å²) in [4.78, 5) is 12.1. The van der Waals surface area contributed by atoms with Crippen LogP contribution in [0.25, 0.3) is 0 Å². The molecular formula is C20H24N2O3S. The first-order chi connectivity index (χ1) is 12.3. The van der Waals surface area contributed by atoms with Gasteiger partial charge >= 0.3 is 0 Å². The molecule has 0 aliphatic heterocycles. The SMILES string of the molecule is Cc1cccc(C)c1N(Cc1ccc(C(=O)NC2CC2)cc1)S(C)(=O)=O. The molecule has 0 unspecified atom stereocenters. The average Bonchev–Trinajstić information content (AvgIpc) is 3.37. The number of nitrogens with zero attached hydrogens (tertiary/aromatic N) is 1. The van der Waals surface area contributed by atoms with Crippen molar-refractivity contribution in [2.75, 3.05) is 10.6 Å². The van der Waals surface area contributed by atoms with Gasteiger partial charge in [-0.25, -0.2) is 8.42 Å². The lowest BCUT2D eigenvalue weighted by molar-refractivity contribution is 0.0951. The van der Waals surface area contributed by atoms with Crippen molar-refractivity contribution in [3.8, 4) is 0 Å². The summed E-state index contributed by atoms with van der Waals surface area (Å²) in [5, 5.41) is 2.95. The normalized spacial score (nSPS) is 14.1. The Hall–Kier alpha value is -2.34. The zero-order chi connectivity index (χ0) is 18.9. The van der Waals surface area contributed by atoms with E-state index in [1.54, 1.807) is 12.1 Å². The number of para-hydroxylation sites is 1. The highest BCUT2D eigenvalue weighted by atomic mass is 32.2. The second-order valence-electron chi connectivity index (χ2n) is 6.95. The number of hydrogen-bond donors (Lipinski definition) is 1. The van der Waals surface area contributed by atoms with Gasteiger partial charge in [0.25, 0.3) is 5.91 Å². The summed E-state index contributed by atoms with van der Waals surface area (Å²) in [6.07, 6.45) is 3.31. The Morgan fingerprint density at radius 2 is 1.65 bits per heavy atom. The first-order valence-corrected chi connectivity index (χ1v) is 10.5. The van der Waals surface area contributed by atoms with Crippen LogP contribution in [0.4, 0.5) is 5.69 Å². The molecule has 138 valence electrons. The Balaban J connectivity index is 1.84. The maximum Gasteiger partial charge on any atom is 0.251 e. The lowest BCUT2D eigenvalue weighted by atomic mass is 10.1. The van der Waals surface area contributed by atoms with Crippen LogP contribution < -0.4 is 9.62 Å². The molecule has 0 saturated heterocycles. The van der Waals surface area contributed by atoms with Crippen molar-refractivity contribution >= 4 is 21.6 Å². The van der Waals surface area contributed by atoms with Crippen molar-refractivity contribution in [3.63, 3.8) is 0 Å². The van der Waals surface area contributed by atoms with Crippen LogP contribution in [-0.2, 0) is 16.6 Å². The summed E-state index contributed by atoms with van der Waals surface area (Å²) < 4.78 is 26.2. The van der Waals surface area contributed by atoms with Gasteiger partial charge in [-0.1, -0.05) is 30.3 Å². The van der Waals surface area contributed by atoms with Gasteiger partial charge in [0, 0.05) is 11.6 Å². The molecule has 0 atom stereocenters. The fourth-order valence-electron chi connectivity index (χ4n) is 2.98. The molecule has 1 amide bonds. The number of benzene rings is 2. The molecule has 0 aromatic heterocycles. The van der Waals surface area contributed by atoms with Crippen LogP contribution in [0.15, 0.2) is 42.5 Å². The van der Waals surface area contributed by atoms with E-state index in [2.05, 4.69) is 5.32 Å². The van der Waals surface area contributed by atoms with Gasteiger partial charge in [0.15, 0.2) is 0 Å². The minimum Gasteiger partial charge on any atom is -0.349 e. The van der Waals surface area contributed by atoms with Gasteiger partial charge < -0.3 is 5.32 Å². The predicted octanol–water partition coefficient (Wildman–Crippen LogP) is 3.16. The molecule has 0 bridgehead atoms. The Bertz CT molecular complexity index is 896. The third-order valence-corrected chi connectivity index (χ3v) is 5.66. The van der Waals surface area contributed by atoms with E-state index in [9.17, 15) is 13.2 Å². The first kappa shape index (κ1) is 18.5. The van der Waals surface area contributed by atoms with Gasteiger partial charge in [0.2, 0.25) is 10.0 Å². The van der Waals surface area contributed by atoms with Crippen LogP contribution in [-0.4, -0.2) is 26.6 Å². The summed E-state index contributed by atoms with van der Waals surface area (Å²) in [6.45, 7) is 4.05. The van der Waals surface area contributed by atoms with E-state index >= 15 is 0 Å². The summed E-state index contributed by atoms with van der Waals surface area (Å²) in [5.41, 5.74) is 3.97. The predicted molar refractivity (Wildman–Crippen MR) is 104 cm³/mol. The topological polar surface area (TPSA) is 66.5 Å². The molecule has 1 aliphatic rings. The number of rotatable bonds is 6. The van der Waals surface area contributed by atoms with E-state index in [0.717, 1.165) is 29.5 Å². The largest absolute Gasteiger partial charge is 0.349 e. The number of sulfonamides is 1. The van der Waals surface area contributed by atoms with Gasteiger partial charge in [-0.2, -0.15) is 0 Å². The first-order valence-electron chi connectivity index (χ1n) is 8.69. The molecule has 0 radical (unpaired) electrons. The maximum atomic E-state index is 12.4. The number of anilines is 1. The second-order valence-corrected chi connectivity index (χ2v) is 8.86. The molecule has 2 aromatic carbocycles. The minimum absolute atomic E-state index is 0.0752. The number of nitrogens with one attached hydrogen (secondary N) is 1. The lowest BCUT2D eigenvalue weighted by Crippen LogP contribution is -2.30. The Labute approximate surface area is 155 Å². The molecule has 1 fully saturated rings. The molecule has 1 saturated carbocycles. The third kappa shape index (κ3) is 4.25. The van der Waals surface area contributed by atoms with E-state index in [1.165, 1.54) is 10.6 Å². The Morgan fingerprint density at radius 1 is 1.08 bits per heavy atom. The van der Waals surface area contributed by atoms with Crippen molar-refractivity contribution in [3.05, 3.63) is 64.7 Å². The molecule has 0 heterocycles.